The number of fused-ring (bicyclic) bond motifs is 1. The maximum atomic E-state index is 6.08. The van der Waals surface area contributed by atoms with Crippen LogP contribution in [0.1, 0.15) is 36.9 Å². The molecule has 3 rings (SSSR count). The fraction of sp³-hybridized carbons (Fsp3) is 0.750. The van der Waals surface area contributed by atoms with Crippen molar-refractivity contribution >= 4 is 0 Å². The molecule has 0 amide bonds. The highest BCUT2D eigenvalue weighted by molar-refractivity contribution is 5.09. The summed E-state index contributed by atoms with van der Waals surface area (Å²) < 4.78 is 2.18. The summed E-state index contributed by atoms with van der Waals surface area (Å²) in [5.74, 6) is 1.97. The lowest BCUT2D eigenvalue weighted by molar-refractivity contribution is 0.408. The summed E-state index contributed by atoms with van der Waals surface area (Å²) in [6, 6.07) is 0. The minimum atomic E-state index is 0.159. The van der Waals surface area contributed by atoms with Gasteiger partial charge < -0.3 is 15.6 Å². The molecule has 1 aromatic heterocycles. The van der Waals surface area contributed by atoms with Crippen molar-refractivity contribution in [3.8, 4) is 0 Å². The van der Waals surface area contributed by atoms with Crippen molar-refractivity contribution in [3.63, 3.8) is 0 Å². The molecule has 0 radical (unpaired) electrons. The molecule has 4 nitrogen and oxygen atoms in total. The van der Waals surface area contributed by atoms with Gasteiger partial charge in [-0.25, -0.2) is 4.98 Å². The molecule has 88 valence electrons. The molecule has 2 atom stereocenters. The Balaban J connectivity index is 1.75. The Morgan fingerprint density at radius 3 is 3.19 bits per heavy atom. The fourth-order valence-electron chi connectivity index (χ4n) is 2.85. The third kappa shape index (κ3) is 1.87. The van der Waals surface area contributed by atoms with Crippen LogP contribution in [0, 0.1) is 5.92 Å². The standard InChI is InChI=1S/C12H20N4/c13-11-2-1-3-12-15-10(8-16(11)12)6-9-4-5-14-7-9/h8-9,11,14H,1-7,13H2. The minimum absolute atomic E-state index is 0.159. The van der Waals surface area contributed by atoms with Crippen molar-refractivity contribution in [1.82, 2.24) is 14.9 Å². The lowest BCUT2D eigenvalue weighted by atomic mass is 10.0. The highest BCUT2D eigenvalue weighted by Crippen LogP contribution is 2.22. The number of hydrogen-bond donors (Lipinski definition) is 2. The lowest BCUT2D eigenvalue weighted by Gasteiger charge is -2.20. The predicted octanol–water partition coefficient (Wildman–Crippen LogP) is 0.829. The van der Waals surface area contributed by atoms with Crippen LogP contribution in [0.25, 0.3) is 0 Å². The summed E-state index contributed by atoms with van der Waals surface area (Å²) in [5, 5.41) is 3.40. The summed E-state index contributed by atoms with van der Waals surface area (Å²) in [6.45, 7) is 2.31. The minimum Gasteiger partial charge on any atom is -0.319 e. The Labute approximate surface area is 96.2 Å². The first-order chi connectivity index (χ1) is 7.83. The maximum absolute atomic E-state index is 6.08. The molecule has 0 bridgehead atoms. The first kappa shape index (κ1) is 10.3. The zero-order valence-corrected chi connectivity index (χ0v) is 9.65. The van der Waals surface area contributed by atoms with E-state index >= 15 is 0 Å². The summed E-state index contributed by atoms with van der Waals surface area (Å²) in [6.07, 6.45) is 8.10. The van der Waals surface area contributed by atoms with Gasteiger partial charge in [0.15, 0.2) is 0 Å². The largest absolute Gasteiger partial charge is 0.319 e. The normalized spacial score (nSPS) is 29.3. The van der Waals surface area contributed by atoms with Gasteiger partial charge in [-0.3, -0.25) is 0 Å². The predicted molar refractivity (Wildman–Crippen MR) is 63.1 cm³/mol. The molecule has 1 aromatic rings. The van der Waals surface area contributed by atoms with Gasteiger partial charge >= 0.3 is 0 Å². The first-order valence-electron chi connectivity index (χ1n) is 6.36. The van der Waals surface area contributed by atoms with Crippen LogP contribution in [0.3, 0.4) is 0 Å². The lowest BCUT2D eigenvalue weighted by Crippen LogP contribution is -2.24. The maximum Gasteiger partial charge on any atom is 0.110 e. The molecule has 0 aliphatic carbocycles. The number of nitrogens with one attached hydrogen (secondary N) is 1. The average molecular weight is 220 g/mol. The molecular weight excluding hydrogens is 200 g/mol. The number of imidazole rings is 1. The Kier molecular flexibility index (Phi) is 2.69. The third-order valence-corrected chi connectivity index (χ3v) is 3.78. The van der Waals surface area contributed by atoms with Gasteiger partial charge in [0, 0.05) is 12.6 Å². The molecule has 3 N–H and O–H groups in total. The molecule has 16 heavy (non-hydrogen) atoms. The Bertz CT molecular complexity index is 365. The van der Waals surface area contributed by atoms with Crippen LogP contribution in [-0.4, -0.2) is 22.6 Å². The van der Waals surface area contributed by atoms with Crippen molar-refractivity contribution in [1.29, 1.82) is 0 Å². The first-order valence-corrected chi connectivity index (χ1v) is 6.36. The zero-order chi connectivity index (χ0) is 11.0. The molecular formula is C12H20N4. The van der Waals surface area contributed by atoms with E-state index in [0.29, 0.717) is 0 Å². The number of hydrogen-bond acceptors (Lipinski definition) is 3. The quantitative estimate of drug-likeness (QED) is 0.776. The molecule has 4 heteroatoms. The molecule has 3 heterocycles. The van der Waals surface area contributed by atoms with Crippen molar-refractivity contribution in [2.45, 2.75) is 38.3 Å². The average Bonchev–Trinajstić information content (AvgIpc) is 2.88. The van der Waals surface area contributed by atoms with E-state index in [-0.39, 0.29) is 6.17 Å². The molecule has 0 saturated carbocycles. The van der Waals surface area contributed by atoms with Crippen molar-refractivity contribution in [2.24, 2.45) is 11.7 Å². The molecule has 0 spiro atoms. The Hall–Kier alpha value is -0.870. The van der Waals surface area contributed by atoms with Gasteiger partial charge in [-0.15, -0.1) is 0 Å². The van der Waals surface area contributed by atoms with Crippen molar-refractivity contribution in [2.75, 3.05) is 13.1 Å². The monoisotopic (exact) mass is 220 g/mol. The van der Waals surface area contributed by atoms with E-state index in [2.05, 4.69) is 16.1 Å². The number of rotatable bonds is 2. The highest BCUT2D eigenvalue weighted by atomic mass is 15.2. The van der Waals surface area contributed by atoms with Crippen LogP contribution < -0.4 is 11.1 Å². The molecule has 0 aromatic carbocycles. The van der Waals surface area contributed by atoms with Gasteiger partial charge in [0.2, 0.25) is 0 Å². The number of nitrogens with zero attached hydrogens (tertiary/aromatic N) is 2. The van der Waals surface area contributed by atoms with Gasteiger partial charge in [-0.1, -0.05) is 0 Å². The summed E-state index contributed by atoms with van der Waals surface area (Å²) in [5.41, 5.74) is 7.32. The van der Waals surface area contributed by atoms with Crippen LogP contribution in [0.2, 0.25) is 0 Å². The third-order valence-electron chi connectivity index (χ3n) is 3.78. The van der Waals surface area contributed by atoms with Crippen LogP contribution in [0.5, 0.6) is 0 Å². The van der Waals surface area contributed by atoms with E-state index in [1.807, 2.05) is 0 Å². The van der Waals surface area contributed by atoms with E-state index in [1.54, 1.807) is 0 Å². The topological polar surface area (TPSA) is 55.9 Å². The van der Waals surface area contributed by atoms with Gasteiger partial charge in [0.25, 0.3) is 0 Å². The van der Waals surface area contributed by atoms with Gasteiger partial charge in [-0.2, -0.15) is 0 Å². The Morgan fingerprint density at radius 2 is 2.44 bits per heavy atom. The van der Waals surface area contributed by atoms with Crippen LogP contribution in [0.4, 0.5) is 0 Å². The smallest absolute Gasteiger partial charge is 0.110 e. The van der Waals surface area contributed by atoms with E-state index in [0.717, 1.165) is 38.3 Å². The molecule has 2 aliphatic rings. The van der Waals surface area contributed by atoms with E-state index in [9.17, 15) is 0 Å². The van der Waals surface area contributed by atoms with Gasteiger partial charge in [0.05, 0.1) is 11.9 Å². The second-order valence-electron chi connectivity index (χ2n) is 5.08. The summed E-state index contributed by atoms with van der Waals surface area (Å²) >= 11 is 0. The molecule has 2 unspecified atom stereocenters. The highest BCUT2D eigenvalue weighted by Gasteiger charge is 2.21. The van der Waals surface area contributed by atoms with E-state index < -0.39 is 0 Å². The Morgan fingerprint density at radius 1 is 1.50 bits per heavy atom. The van der Waals surface area contributed by atoms with E-state index in [4.69, 9.17) is 10.7 Å². The number of aromatic nitrogens is 2. The second kappa shape index (κ2) is 4.18. The van der Waals surface area contributed by atoms with Gasteiger partial charge in [0.1, 0.15) is 5.82 Å². The molecule has 1 saturated heterocycles. The number of aryl methyl sites for hydroxylation is 1. The summed E-state index contributed by atoms with van der Waals surface area (Å²) in [4.78, 5) is 4.72. The van der Waals surface area contributed by atoms with Crippen molar-refractivity contribution < 1.29 is 0 Å². The van der Waals surface area contributed by atoms with E-state index in [1.165, 1.54) is 24.4 Å². The second-order valence-corrected chi connectivity index (χ2v) is 5.08. The SMILES string of the molecule is NC1CCCc2nc(CC3CCNC3)cn21. The summed E-state index contributed by atoms with van der Waals surface area (Å²) in [7, 11) is 0. The number of nitrogens with two attached hydrogens (primary N) is 1. The van der Waals surface area contributed by atoms with Crippen LogP contribution in [-0.2, 0) is 12.8 Å². The molecule has 2 aliphatic heterocycles. The fourth-order valence-corrected chi connectivity index (χ4v) is 2.85. The molecule has 1 fully saturated rings. The zero-order valence-electron chi connectivity index (χ0n) is 9.65. The van der Waals surface area contributed by atoms with Crippen molar-refractivity contribution in [3.05, 3.63) is 17.7 Å². The van der Waals surface area contributed by atoms with Gasteiger partial charge in [-0.05, 0) is 44.7 Å². The van der Waals surface area contributed by atoms with Crippen LogP contribution in [0.15, 0.2) is 6.20 Å². The van der Waals surface area contributed by atoms with Crippen LogP contribution >= 0.6 is 0 Å².